The highest BCUT2D eigenvalue weighted by atomic mass is 32.2. The fraction of sp³-hybridized carbons (Fsp3) is 0.778. The van der Waals surface area contributed by atoms with E-state index in [4.69, 9.17) is 0 Å². The molecule has 0 amide bonds. The average molecular weight is 229 g/mol. The highest BCUT2D eigenvalue weighted by Gasteiger charge is 2.12. The minimum atomic E-state index is 0.740. The lowest BCUT2D eigenvalue weighted by Gasteiger charge is -2.22. The van der Waals surface area contributed by atoms with Gasteiger partial charge in [-0.3, -0.25) is 0 Å². The quantitative estimate of drug-likeness (QED) is 0.803. The molecule has 0 saturated carbocycles. The standard InChI is InChI=1S/C9H15N3S2/c1-2-5-10-8(3-1)4-6-13-9-11-7-12-14-9/h7-8,10H,1-6H2. The smallest absolute Gasteiger partial charge is 0.169 e. The molecule has 14 heavy (non-hydrogen) atoms. The number of nitrogens with zero attached hydrogens (tertiary/aromatic N) is 2. The van der Waals surface area contributed by atoms with E-state index in [-0.39, 0.29) is 0 Å². The van der Waals surface area contributed by atoms with Gasteiger partial charge in [0.05, 0.1) is 0 Å². The normalized spacial score (nSPS) is 22.4. The molecule has 0 spiro atoms. The first kappa shape index (κ1) is 10.4. The van der Waals surface area contributed by atoms with Crippen molar-refractivity contribution in [1.29, 1.82) is 0 Å². The zero-order chi connectivity index (χ0) is 9.64. The van der Waals surface area contributed by atoms with Gasteiger partial charge in [-0.1, -0.05) is 18.2 Å². The van der Waals surface area contributed by atoms with Gasteiger partial charge in [0.25, 0.3) is 0 Å². The van der Waals surface area contributed by atoms with Crippen LogP contribution in [0.15, 0.2) is 10.7 Å². The average Bonchev–Trinajstić information content (AvgIpc) is 2.72. The molecule has 1 aromatic heterocycles. The largest absolute Gasteiger partial charge is 0.314 e. The fourth-order valence-electron chi connectivity index (χ4n) is 1.69. The number of thioether (sulfide) groups is 1. The van der Waals surface area contributed by atoms with E-state index in [9.17, 15) is 0 Å². The molecule has 1 fully saturated rings. The van der Waals surface area contributed by atoms with Crippen molar-refractivity contribution in [2.24, 2.45) is 0 Å². The van der Waals surface area contributed by atoms with E-state index in [2.05, 4.69) is 14.7 Å². The zero-order valence-electron chi connectivity index (χ0n) is 8.11. The molecule has 0 bridgehead atoms. The number of aromatic nitrogens is 2. The van der Waals surface area contributed by atoms with E-state index >= 15 is 0 Å². The summed E-state index contributed by atoms with van der Waals surface area (Å²) in [6, 6.07) is 0.740. The predicted molar refractivity (Wildman–Crippen MR) is 60.9 cm³/mol. The Hall–Kier alpha value is -0.130. The van der Waals surface area contributed by atoms with Gasteiger partial charge in [-0.05, 0) is 37.3 Å². The molecule has 78 valence electrons. The van der Waals surface area contributed by atoms with Crippen LogP contribution in [-0.2, 0) is 0 Å². The molecule has 1 saturated heterocycles. The summed E-state index contributed by atoms with van der Waals surface area (Å²) in [5, 5.41) is 3.55. The Bertz CT molecular complexity index is 245. The van der Waals surface area contributed by atoms with Crippen molar-refractivity contribution >= 4 is 23.3 Å². The molecular weight excluding hydrogens is 214 g/mol. The third-order valence-corrected chi connectivity index (χ3v) is 4.28. The summed E-state index contributed by atoms with van der Waals surface area (Å²) in [7, 11) is 0. The lowest BCUT2D eigenvalue weighted by Crippen LogP contribution is -2.34. The molecule has 1 aliphatic heterocycles. The Morgan fingerprint density at radius 2 is 2.57 bits per heavy atom. The van der Waals surface area contributed by atoms with Gasteiger partial charge < -0.3 is 5.32 Å². The van der Waals surface area contributed by atoms with E-state index < -0.39 is 0 Å². The summed E-state index contributed by atoms with van der Waals surface area (Å²) in [5.41, 5.74) is 0. The van der Waals surface area contributed by atoms with Gasteiger partial charge in [-0.25, -0.2) is 4.98 Å². The van der Waals surface area contributed by atoms with Crippen LogP contribution in [0, 0.1) is 0 Å². The summed E-state index contributed by atoms with van der Waals surface area (Å²) >= 11 is 3.32. The number of hydrogen-bond acceptors (Lipinski definition) is 5. The minimum Gasteiger partial charge on any atom is -0.314 e. The lowest BCUT2D eigenvalue weighted by molar-refractivity contribution is 0.395. The van der Waals surface area contributed by atoms with Crippen LogP contribution in [0.3, 0.4) is 0 Å². The van der Waals surface area contributed by atoms with Crippen molar-refractivity contribution in [3.63, 3.8) is 0 Å². The maximum atomic E-state index is 4.15. The molecular formula is C9H15N3S2. The molecule has 0 radical (unpaired) electrons. The molecule has 2 heterocycles. The van der Waals surface area contributed by atoms with E-state index in [0.29, 0.717) is 0 Å². The monoisotopic (exact) mass is 229 g/mol. The van der Waals surface area contributed by atoms with E-state index in [0.717, 1.165) is 16.1 Å². The van der Waals surface area contributed by atoms with Crippen LogP contribution in [0.2, 0.25) is 0 Å². The van der Waals surface area contributed by atoms with Crippen molar-refractivity contribution in [1.82, 2.24) is 14.7 Å². The van der Waals surface area contributed by atoms with Crippen LogP contribution in [0.5, 0.6) is 0 Å². The van der Waals surface area contributed by atoms with Gasteiger partial charge in [-0.15, -0.1) is 0 Å². The highest BCUT2D eigenvalue weighted by molar-refractivity contribution is 8.00. The van der Waals surface area contributed by atoms with E-state index in [1.165, 1.54) is 43.8 Å². The Balaban J connectivity index is 1.62. The SMILES string of the molecule is c1nsc(SCCC2CCCCN2)n1. The molecule has 1 atom stereocenters. The molecule has 5 heteroatoms. The molecule has 0 aromatic carbocycles. The molecule has 2 rings (SSSR count). The van der Waals surface area contributed by atoms with Crippen molar-refractivity contribution in [2.45, 2.75) is 36.1 Å². The van der Waals surface area contributed by atoms with Crippen molar-refractivity contribution < 1.29 is 0 Å². The summed E-state index contributed by atoms with van der Waals surface area (Å²) in [6.07, 6.45) is 6.97. The molecule has 1 N–H and O–H groups in total. The Morgan fingerprint density at radius 1 is 1.57 bits per heavy atom. The molecule has 3 nitrogen and oxygen atoms in total. The van der Waals surface area contributed by atoms with Crippen molar-refractivity contribution in [3.8, 4) is 0 Å². The van der Waals surface area contributed by atoms with Gasteiger partial charge in [-0.2, -0.15) is 4.37 Å². The van der Waals surface area contributed by atoms with Gasteiger partial charge in [0.2, 0.25) is 0 Å². The molecule has 1 aliphatic rings. The third-order valence-electron chi connectivity index (χ3n) is 2.45. The molecule has 1 aromatic rings. The Labute approximate surface area is 92.9 Å². The number of piperidine rings is 1. The number of hydrogen-bond donors (Lipinski definition) is 1. The first-order valence-electron chi connectivity index (χ1n) is 5.08. The second kappa shape index (κ2) is 5.68. The number of rotatable bonds is 4. The van der Waals surface area contributed by atoms with Gasteiger partial charge in [0.1, 0.15) is 6.33 Å². The first-order valence-corrected chi connectivity index (χ1v) is 6.84. The maximum Gasteiger partial charge on any atom is 0.169 e. The molecule has 0 aliphatic carbocycles. The van der Waals surface area contributed by atoms with Crippen LogP contribution in [0.4, 0.5) is 0 Å². The van der Waals surface area contributed by atoms with Crippen LogP contribution in [-0.4, -0.2) is 27.7 Å². The number of nitrogens with one attached hydrogen (secondary N) is 1. The highest BCUT2D eigenvalue weighted by Crippen LogP contribution is 2.21. The van der Waals surface area contributed by atoms with Crippen LogP contribution in [0.25, 0.3) is 0 Å². The topological polar surface area (TPSA) is 37.8 Å². The summed E-state index contributed by atoms with van der Waals surface area (Å²) in [6.45, 7) is 1.20. The van der Waals surface area contributed by atoms with E-state index in [1.54, 1.807) is 6.33 Å². The fourth-order valence-corrected chi connectivity index (χ4v) is 3.25. The maximum absolute atomic E-state index is 4.15. The lowest BCUT2D eigenvalue weighted by atomic mass is 10.0. The first-order chi connectivity index (χ1) is 6.95. The summed E-state index contributed by atoms with van der Waals surface area (Å²) < 4.78 is 5.08. The van der Waals surface area contributed by atoms with E-state index in [1.807, 2.05) is 11.8 Å². The van der Waals surface area contributed by atoms with Gasteiger partial charge >= 0.3 is 0 Å². The predicted octanol–water partition coefficient (Wildman–Crippen LogP) is 2.16. The van der Waals surface area contributed by atoms with Crippen LogP contribution in [0.1, 0.15) is 25.7 Å². The van der Waals surface area contributed by atoms with Crippen LogP contribution < -0.4 is 5.32 Å². The minimum absolute atomic E-state index is 0.740. The second-order valence-corrected chi connectivity index (χ2v) is 5.61. The Kier molecular flexibility index (Phi) is 4.21. The second-order valence-electron chi connectivity index (χ2n) is 3.49. The zero-order valence-corrected chi connectivity index (χ0v) is 9.74. The van der Waals surface area contributed by atoms with Crippen molar-refractivity contribution in [2.75, 3.05) is 12.3 Å². The van der Waals surface area contributed by atoms with Gasteiger partial charge in [0, 0.05) is 11.8 Å². The summed E-state index contributed by atoms with van der Waals surface area (Å²) in [4.78, 5) is 4.15. The summed E-state index contributed by atoms with van der Waals surface area (Å²) in [5.74, 6) is 1.16. The Morgan fingerprint density at radius 3 is 3.29 bits per heavy atom. The van der Waals surface area contributed by atoms with Gasteiger partial charge in [0.15, 0.2) is 4.34 Å². The third kappa shape index (κ3) is 3.22. The van der Waals surface area contributed by atoms with Crippen LogP contribution >= 0.6 is 23.3 Å². The molecule has 1 unspecified atom stereocenters. The van der Waals surface area contributed by atoms with Crippen molar-refractivity contribution in [3.05, 3.63) is 6.33 Å².